The van der Waals surface area contributed by atoms with Crippen LogP contribution in [0.1, 0.15) is 30.1 Å². The number of nitrogens with one attached hydrogen (secondary N) is 1. The van der Waals surface area contributed by atoms with E-state index in [-0.39, 0.29) is 23.5 Å². The van der Waals surface area contributed by atoms with Gasteiger partial charge in [-0.25, -0.2) is 0 Å². The molecule has 24 heavy (non-hydrogen) atoms. The largest absolute Gasteiger partial charge is 0.479 e. The molecule has 1 N–H and O–H groups in total. The van der Waals surface area contributed by atoms with E-state index < -0.39 is 6.10 Å². The van der Waals surface area contributed by atoms with Gasteiger partial charge in [-0.15, -0.1) is 0 Å². The number of fused-ring (bicyclic) bond motifs is 1. The van der Waals surface area contributed by atoms with Gasteiger partial charge < -0.3 is 15.0 Å². The van der Waals surface area contributed by atoms with E-state index in [1.54, 1.807) is 30.0 Å². The number of amides is 2. The molecule has 6 nitrogen and oxygen atoms in total. The maximum absolute atomic E-state index is 12.7. The molecule has 2 aliphatic heterocycles. The van der Waals surface area contributed by atoms with Gasteiger partial charge in [0, 0.05) is 24.6 Å². The van der Waals surface area contributed by atoms with Crippen molar-refractivity contribution in [3.8, 4) is 5.75 Å². The van der Waals surface area contributed by atoms with E-state index in [2.05, 4.69) is 11.9 Å². The van der Waals surface area contributed by atoms with E-state index in [4.69, 9.17) is 4.74 Å². The molecule has 2 amide bonds. The van der Waals surface area contributed by atoms with Crippen LogP contribution in [0.15, 0.2) is 30.9 Å². The van der Waals surface area contributed by atoms with Crippen LogP contribution in [0.5, 0.6) is 5.75 Å². The Kier molecular flexibility index (Phi) is 4.38. The normalized spacial score (nSPS) is 20.6. The number of carbonyl (C=O) groups excluding carboxylic acids is 3. The van der Waals surface area contributed by atoms with Gasteiger partial charge in [-0.05, 0) is 44.0 Å². The number of likely N-dealkylation sites (tertiary alicyclic amines) is 1. The predicted octanol–water partition coefficient (Wildman–Crippen LogP) is 2.01. The smallest absolute Gasteiger partial charge is 0.265 e. The van der Waals surface area contributed by atoms with Crippen LogP contribution in [-0.4, -0.2) is 41.7 Å². The van der Waals surface area contributed by atoms with Crippen molar-refractivity contribution in [2.75, 3.05) is 18.4 Å². The van der Waals surface area contributed by atoms with Gasteiger partial charge in [-0.1, -0.05) is 6.58 Å². The fourth-order valence-electron chi connectivity index (χ4n) is 3.09. The number of hydrogen-bond donors (Lipinski definition) is 1. The van der Waals surface area contributed by atoms with Crippen LogP contribution < -0.4 is 10.1 Å². The SMILES string of the molecule is C=CC(=O)N1CCC(C(=O)c2ccc3c(c2)NC(=O)C(C)O3)CC1. The Morgan fingerprint density at radius 3 is 2.71 bits per heavy atom. The first-order valence-electron chi connectivity index (χ1n) is 8.06. The van der Waals surface area contributed by atoms with Gasteiger partial charge in [0.25, 0.3) is 5.91 Å². The highest BCUT2D eigenvalue weighted by atomic mass is 16.5. The predicted molar refractivity (Wildman–Crippen MR) is 89.0 cm³/mol. The summed E-state index contributed by atoms with van der Waals surface area (Å²) in [5.41, 5.74) is 1.09. The highest BCUT2D eigenvalue weighted by Crippen LogP contribution is 2.32. The number of carbonyl (C=O) groups is 3. The first-order valence-corrected chi connectivity index (χ1v) is 8.06. The average molecular weight is 328 g/mol. The molecular weight excluding hydrogens is 308 g/mol. The minimum atomic E-state index is -0.536. The zero-order valence-corrected chi connectivity index (χ0v) is 13.6. The maximum Gasteiger partial charge on any atom is 0.265 e. The fourth-order valence-corrected chi connectivity index (χ4v) is 3.09. The quantitative estimate of drug-likeness (QED) is 0.680. The van der Waals surface area contributed by atoms with E-state index in [1.165, 1.54) is 6.08 Å². The molecule has 126 valence electrons. The molecule has 6 heteroatoms. The van der Waals surface area contributed by atoms with Crippen molar-refractivity contribution >= 4 is 23.3 Å². The third kappa shape index (κ3) is 3.04. The fraction of sp³-hybridized carbons (Fsp3) is 0.389. The summed E-state index contributed by atoms with van der Waals surface area (Å²) in [5.74, 6) is 0.185. The highest BCUT2D eigenvalue weighted by molar-refractivity contribution is 6.02. The van der Waals surface area contributed by atoms with Gasteiger partial charge in [-0.2, -0.15) is 0 Å². The van der Waals surface area contributed by atoms with Gasteiger partial charge in [0.1, 0.15) is 5.75 Å². The minimum Gasteiger partial charge on any atom is -0.479 e. The number of nitrogens with zero attached hydrogens (tertiary/aromatic N) is 1. The molecule has 0 aliphatic carbocycles. The molecule has 0 radical (unpaired) electrons. The molecule has 1 fully saturated rings. The van der Waals surface area contributed by atoms with Gasteiger partial charge in [0.2, 0.25) is 5.91 Å². The lowest BCUT2D eigenvalue weighted by atomic mass is 9.88. The topological polar surface area (TPSA) is 75.7 Å². The van der Waals surface area contributed by atoms with E-state index in [0.29, 0.717) is 42.9 Å². The summed E-state index contributed by atoms with van der Waals surface area (Å²) >= 11 is 0. The number of ether oxygens (including phenoxy) is 1. The Hall–Kier alpha value is -2.63. The molecule has 1 atom stereocenters. The van der Waals surface area contributed by atoms with Crippen LogP contribution in [0, 0.1) is 5.92 Å². The molecule has 2 heterocycles. The number of Topliss-reactive ketones (excluding diaryl/α,β-unsaturated/α-hetero) is 1. The molecule has 0 aromatic heterocycles. The van der Waals surface area contributed by atoms with E-state index in [9.17, 15) is 14.4 Å². The molecule has 1 aromatic rings. The molecule has 1 unspecified atom stereocenters. The molecule has 0 spiro atoms. The minimum absolute atomic E-state index is 0.0383. The molecule has 0 bridgehead atoms. The summed E-state index contributed by atoms with van der Waals surface area (Å²) in [4.78, 5) is 37.7. The van der Waals surface area contributed by atoms with Crippen LogP contribution in [0.3, 0.4) is 0 Å². The number of rotatable bonds is 3. The Morgan fingerprint density at radius 2 is 2.04 bits per heavy atom. The van der Waals surface area contributed by atoms with Crippen molar-refractivity contribution in [3.05, 3.63) is 36.4 Å². The third-order valence-corrected chi connectivity index (χ3v) is 4.55. The molecule has 3 rings (SSSR count). The lowest BCUT2D eigenvalue weighted by molar-refractivity contribution is -0.127. The maximum atomic E-state index is 12.7. The number of piperidine rings is 1. The second-order valence-corrected chi connectivity index (χ2v) is 6.13. The van der Waals surface area contributed by atoms with Crippen LogP contribution in [0.2, 0.25) is 0 Å². The van der Waals surface area contributed by atoms with Crippen molar-refractivity contribution in [2.24, 2.45) is 5.92 Å². The van der Waals surface area contributed by atoms with Gasteiger partial charge in [0.15, 0.2) is 11.9 Å². The molecule has 2 aliphatic rings. The summed E-state index contributed by atoms with van der Waals surface area (Å²) in [6, 6.07) is 5.12. The van der Waals surface area contributed by atoms with Gasteiger partial charge >= 0.3 is 0 Å². The Labute approximate surface area is 140 Å². The number of anilines is 1. The summed E-state index contributed by atoms with van der Waals surface area (Å²) in [7, 11) is 0. The second-order valence-electron chi connectivity index (χ2n) is 6.13. The number of hydrogen-bond acceptors (Lipinski definition) is 4. The number of ketones is 1. The lowest BCUT2D eigenvalue weighted by Gasteiger charge is -2.30. The Bertz CT molecular complexity index is 705. The van der Waals surface area contributed by atoms with Crippen LogP contribution >= 0.6 is 0 Å². The van der Waals surface area contributed by atoms with E-state index in [0.717, 1.165) is 0 Å². The summed E-state index contributed by atoms with van der Waals surface area (Å²) in [6.45, 7) is 6.28. The first-order chi connectivity index (χ1) is 11.5. The summed E-state index contributed by atoms with van der Waals surface area (Å²) in [6.07, 6.45) is 2.03. The summed E-state index contributed by atoms with van der Waals surface area (Å²) in [5, 5.41) is 2.76. The summed E-state index contributed by atoms with van der Waals surface area (Å²) < 4.78 is 5.50. The highest BCUT2D eigenvalue weighted by Gasteiger charge is 2.29. The lowest BCUT2D eigenvalue weighted by Crippen LogP contribution is -2.39. The standard InChI is InChI=1S/C18H20N2O4/c1-3-16(21)20-8-6-12(7-9-20)17(22)13-4-5-15-14(10-13)19-18(23)11(2)24-15/h3-5,10-12H,1,6-9H2,2H3,(H,19,23). The van der Waals surface area contributed by atoms with Crippen molar-refractivity contribution in [1.82, 2.24) is 4.90 Å². The van der Waals surface area contributed by atoms with Gasteiger partial charge in [0.05, 0.1) is 5.69 Å². The Balaban J connectivity index is 1.70. The van der Waals surface area contributed by atoms with Gasteiger partial charge in [-0.3, -0.25) is 14.4 Å². The molecule has 1 aromatic carbocycles. The molecular formula is C18H20N2O4. The first kappa shape index (κ1) is 16.2. The van der Waals surface area contributed by atoms with Crippen LogP contribution in [0.25, 0.3) is 0 Å². The second kappa shape index (κ2) is 6.47. The molecule has 0 saturated carbocycles. The van der Waals surface area contributed by atoms with E-state index >= 15 is 0 Å². The van der Waals surface area contributed by atoms with Crippen LogP contribution in [-0.2, 0) is 9.59 Å². The third-order valence-electron chi connectivity index (χ3n) is 4.55. The number of benzene rings is 1. The molecule has 1 saturated heterocycles. The van der Waals surface area contributed by atoms with E-state index in [1.807, 2.05) is 0 Å². The zero-order valence-electron chi connectivity index (χ0n) is 13.6. The zero-order chi connectivity index (χ0) is 17.3. The van der Waals surface area contributed by atoms with Crippen molar-refractivity contribution in [2.45, 2.75) is 25.9 Å². The monoisotopic (exact) mass is 328 g/mol. The van der Waals surface area contributed by atoms with Crippen molar-refractivity contribution in [3.63, 3.8) is 0 Å². The van der Waals surface area contributed by atoms with Crippen LogP contribution in [0.4, 0.5) is 5.69 Å². The van der Waals surface area contributed by atoms with Crippen molar-refractivity contribution < 1.29 is 19.1 Å². The average Bonchev–Trinajstić information content (AvgIpc) is 2.61. The Morgan fingerprint density at radius 1 is 1.33 bits per heavy atom. The van der Waals surface area contributed by atoms with Crippen molar-refractivity contribution in [1.29, 1.82) is 0 Å².